The third-order valence-corrected chi connectivity index (χ3v) is 3.20. The molecular formula is C13H16O4S. The summed E-state index contributed by atoms with van der Waals surface area (Å²) in [6.07, 6.45) is 1.60. The van der Waals surface area contributed by atoms with E-state index < -0.39 is 11.9 Å². The Morgan fingerprint density at radius 2 is 1.94 bits per heavy atom. The van der Waals surface area contributed by atoms with Gasteiger partial charge in [-0.2, -0.15) is 0 Å². The molecule has 0 aromatic heterocycles. The molecule has 4 nitrogen and oxygen atoms in total. The van der Waals surface area contributed by atoms with Gasteiger partial charge in [0.2, 0.25) is 0 Å². The third kappa shape index (κ3) is 3.04. The monoisotopic (exact) mass is 268 g/mol. The molecule has 0 heterocycles. The Kier molecular flexibility index (Phi) is 4.78. The zero-order valence-electron chi connectivity index (χ0n) is 10.8. The molecule has 0 spiro atoms. The second-order valence-electron chi connectivity index (χ2n) is 4.07. The molecule has 5 heteroatoms. The van der Waals surface area contributed by atoms with Crippen molar-refractivity contribution in [3.8, 4) is 0 Å². The van der Waals surface area contributed by atoms with Gasteiger partial charge in [-0.1, -0.05) is 0 Å². The van der Waals surface area contributed by atoms with Crippen LogP contribution in [0.3, 0.4) is 0 Å². The van der Waals surface area contributed by atoms with Crippen LogP contribution >= 0.6 is 11.8 Å². The Morgan fingerprint density at radius 3 is 2.39 bits per heavy atom. The molecule has 1 aromatic rings. The summed E-state index contributed by atoms with van der Waals surface area (Å²) in [5.41, 5.74) is 0.916. The molecular weight excluding hydrogens is 252 g/mol. The van der Waals surface area contributed by atoms with Gasteiger partial charge in [0, 0.05) is 4.90 Å². The first kappa shape index (κ1) is 14.6. The van der Waals surface area contributed by atoms with Crippen LogP contribution in [0.5, 0.6) is 0 Å². The van der Waals surface area contributed by atoms with Crippen LogP contribution in [0.4, 0.5) is 0 Å². The summed E-state index contributed by atoms with van der Waals surface area (Å²) in [4.78, 5) is 23.8. The molecule has 0 radical (unpaired) electrons. The van der Waals surface area contributed by atoms with E-state index >= 15 is 0 Å². The summed E-state index contributed by atoms with van der Waals surface area (Å²) < 4.78 is 5.15. The van der Waals surface area contributed by atoms with Gasteiger partial charge in [0.15, 0.2) is 0 Å². The molecule has 98 valence electrons. The van der Waals surface area contributed by atoms with Gasteiger partial charge < -0.3 is 9.84 Å². The molecule has 0 bridgehead atoms. The van der Waals surface area contributed by atoms with Crippen molar-refractivity contribution in [2.24, 2.45) is 0 Å². The maximum absolute atomic E-state index is 12.0. The average molecular weight is 268 g/mol. The predicted octanol–water partition coefficient (Wildman–Crippen LogP) is 2.98. The SMILES string of the molecule is CSc1ccc(C(=O)O)c(C)c1C(=O)OC(C)C. The molecule has 0 atom stereocenters. The lowest BCUT2D eigenvalue weighted by molar-refractivity contribution is 0.0373. The van der Waals surface area contributed by atoms with Gasteiger partial charge in [0.1, 0.15) is 0 Å². The van der Waals surface area contributed by atoms with E-state index in [9.17, 15) is 9.59 Å². The van der Waals surface area contributed by atoms with E-state index in [-0.39, 0.29) is 11.7 Å². The Hall–Kier alpha value is -1.49. The lowest BCUT2D eigenvalue weighted by Gasteiger charge is -2.14. The number of ether oxygens (including phenoxy) is 1. The fourth-order valence-corrected chi connectivity index (χ4v) is 2.26. The van der Waals surface area contributed by atoms with E-state index in [2.05, 4.69) is 0 Å². The Bertz CT molecular complexity index is 480. The number of carbonyl (C=O) groups is 2. The number of hydrogen-bond acceptors (Lipinski definition) is 4. The largest absolute Gasteiger partial charge is 0.478 e. The molecule has 0 aliphatic carbocycles. The molecule has 0 unspecified atom stereocenters. The predicted molar refractivity (Wildman–Crippen MR) is 70.5 cm³/mol. The van der Waals surface area contributed by atoms with E-state index in [1.165, 1.54) is 17.8 Å². The zero-order valence-corrected chi connectivity index (χ0v) is 11.6. The van der Waals surface area contributed by atoms with Crippen molar-refractivity contribution in [3.05, 3.63) is 28.8 Å². The number of carbonyl (C=O) groups excluding carboxylic acids is 1. The van der Waals surface area contributed by atoms with Crippen LogP contribution in [-0.2, 0) is 4.74 Å². The van der Waals surface area contributed by atoms with Crippen LogP contribution < -0.4 is 0 Å². The van der Waals surface area contributed by atoms with Gasteiger partial charge in [-0.25, -0.2) is 9.59 Å². The van der Waals surface area contributed by atoms with Gasteiger partial charge in [-0.05, 0) is 44.7 Å². The van der Waals surface area contributed by atoms with E-state index in [0.717, 1.165) is 4.90 Å². The average Bonchev–Trinajstić information content (AvgIpc) is 2.26. The first-order valence-electron chi connectivity index (χ1n) is 5.50. The van der Waals surface area contributed by atoms with Crippen molar-refractivity contribution in [3.63, 3.8) is 0 Å². The van der Waals surface area contributed by atoms with Gasteiger partial charge >= 0.3 is 11.9 Å². The van der Waals surface area contributed by atoms with E-state index in [4.69, 9.17) is 9.84 Å². The Morgan fingerprint density at radius 1 is 1.33 bits per heavy atom. The van der Waals surface area contributed by atoms with E-state index in [0.29, 0.717) is 11.1 Å². The first-order chi connectivity index (χ1) is 8.38. The second-order valence-corrected chi connectivity index (χ2v) is 4.92. The van der Waals surface area contributed by atoms with Crippen molar-refractivity contribution >= 4 is 23.7 Å². The highest BCUT2D eigenvalue weighted by Crippen LogP contribution is 2.27. The maximum Gasteiger partial charge on any atom is 0.339 e. The molecule has 0 saturated heterocycles. The summed E-state index contributed by atoms with van der Waals surface area (Å²) in [6.45, 7) is 5.14. The van der Waals surface area contributed by atoms with Gasteiger partial charge in [0.05, 0.1) is 17.2 Å². The van der Waals surface area contributed by atoms with Crippen LogP contribution in [0.1, 0.15) is 40.1 Å². The summed E-state index contributed by atoms with van der Waals surface area (Å²) in [5, 5.41) is 9.06. The smallest absolute Gasteiger partial charge is 0.339 e. The van der Waals surface area contributed by atoms with Crippen LogP contribution in [0.2, 0.25) is 0 Å². The minimum absolute atomic E-state index is 0.128. The van der Waals surface area contributed by atoms with Crippen molar-refractivity contribution in [2.45, 2.75) is 31.8 Å². The lowest BCUT2D eigenvalue weighted by Crippen LogP contribution is -2.15. The molecule has 0 aliphatic heterocycles. The van der Waals surface area contributed by atoms with Crippen LogP contribution in [0.25, 0.3) is 0 Å². The fraction of sp³-hybridized carbons (Fsp3) is 0.385. The normalized spacial score (nSPS) is 10.5. The number of rotatable bonds is 4. The lowest BCUT2D eigenvalue weighted by atomic mass is 10.0. The molecule has 0 saturated carbocycles. The Balaban J connectivity index is 3.34. The van der Waals surface area contributed by atoms with Crippen LogP contribution in [-0.4, -0.2) is 29.4 Å². The summed E-state index contributed by atoms with van der Waals surface area (Å²) in [7, 11) is 0. The number of thioether (sulfide) groups is 1. The van der Waals surface area contributed by atoms with Crippen molar-refractivity contribution in [1.82, 2.24) is 0 Å². The molecule has 0 aliphatic rings. The van der Waals surface area contributed by atoms with Crippen molar-refractivity contribution in [2.75, 3.05) is 6.26 Å². The standard InChI is InChI=1S/C13H16O4S/c1-7(2)17-13(16)11-8(3)9(12(14)15)5-6-10(11)18-4/h5-7H,1-4H3,(H,14,15). The number of aromatic carboxylic acids is 1. The summed E-state index contributed by atoms with van der Waals surface area (Å²) in [6, 6.07) is 3.15. The van der Waals surface area contributed by atoms with Crippen LogP contribution in [0, 0.1) is 6.92 Å². The number of benzene rings is 1. The maximum atomic E-state index is 12.0. The minimum Gasteiger partial charge on any atom is -0.478 e. The fourth-order valence-electron chi connectivity index (χ4n) is 1.62. The third-order valence-electron chi connectivity index (χ3n) is 2.42. The molecule has 0 fully saturated rings. The number of esters is 1. The number of carboxylic acid groups (broad SMARTS) is 1. The van der Waals surface area contributed by atoms with Gasteiger partial charge in [-0.3, -0.25) is 0 Å². The van der Waals surface area contributed by atoms with Crippen LogP contribution in [0.15, 0.2) is 17.0 Å². The second kappa shape index (κ2) is 5.91. The molecule has 18 heavy (non-hydrogen) atoms. The first-order valence-corrected chi connectivity index (χ1v) is 6.72. The highest BCUT2D eigenvalue weighted by atomic mass is 32.2. The minimum atomic E-state index is -1.04. The Labute approximate surface area is 110 Å². The van der Waals surface area contributed by atoms with Gasteiger partial charge in [-0.15, -0.1) is 11.8 Å². The molecule has 1 rings (SSSR count). The highest BCUT2D eigenvalue weighted by Gasteiger charge is 2.21. The van der Waals surface area contributed by atoms with Gasteiger partial charge in [0.25, 0.3) is 0 Å². The number of hydrogen-bond donors (Lipinski definition) is 1. The summed E-state index contributed by atoms with van der Waals surface area (Å²) >= 11 is 1.39. The molecule has 1 N–H and O–H groups in total. The van der Waals surface area contributed by atoms with Crippen molar-refractivity contribution in [1.29, 1.82) is 0 Å². The topological polar surface area (TPSA) is 63.6 Å². The van der Waals surface area contributed by atoms with E-state index in [1.807, 2.05) is 6.26 Å². The summed E-state index contributed by atoms with van der Waals surface area (Å²) in [5.74, 6) is -1.52. The molecule has 1 aromatic carbocycles. The quantitative estimate of drug-likeness (QED) is 0.672. The van der Waals surface area contributed by atoms with E-state index in [1.54, 1.807) is 26.8 Å². The molecule has 0 amide bonds. The highest BCUT2D eigenvalue weighted by molar-refractivity contribution is 7.98. The van der Waals surface area contributed by atoms with Crippen molar-refractivity contribution < 1.29 is 19.4 Å². The number of carboxylic acids is 1. The zero-order chi connectivity index (χ0) is 13.9.